The summed E-state index contributed by atoms with van der Waals surface area (Å²) in [4.78, 5) is 26.7. The zero-order valence-corrected chi connectivity index (χ0v) is 20.2. The lowest BCUT2D eigenvalue weighted by molar-refractivity contribution is -0.0643. The van der Waals surface area contributed by atoms with Crippen LogP contribution in [0.2, 0.25) is 0 Å². The molecule has 0 radical (unpaired) electrons. The largest absolute Gasteiger partial charge is 0.464 e. The zero-order chi connectivity index (χ0) is 25.3. The first-order valence-corrected chi connectivity index (χ1v) is 11.5. The van der Waals surface area contributed by atoms with E-state index in [0.29, 0.717) is 25.9 Å². The minimum absolute atomic E-state index is 0.0433. The number of fused-ring (bicyclic) bond motifs is 1. The van der Waals surface area contributed by atoms with Gasteiger partial charge in [-0.3, -0.25) is 10.00 Å². The van der Waals surface area contributed by atoms with Gasteiger partial charge in [-0.15, -0.1) is 0 Å². The van der Waals surface area contributed by atoms with Gasteiger partial charge in [-0.25, -0.2) is 18.4 Å². The number of methoxy groups -OCH3 is 1. The molecule has 2 aromatic rings. The molecule has 1 amide bonds. The van der Waals surface area contributed by atoms with Crippen molar-refractivity contribution in [3.05, 3.63) is 52.3 Å². The van der Waals surface area contributed by atoms with Crippen molar-refractivity contribution in [3.8, 4) is 0 Å². The molecule has 35 heavy (non-hydrogen) atoms. The maximum Gasteiger partial charge on any atom is 0.407 e. The number of ether oxygens (including phenoxy) is 3. The molecule has 0 spiro atoms. The molecule has 1 fully saturated rings. The third-order valence-corrected chi connectivity index (χ3v) is 6.18. The predicted octanol–water partition coefficient (Wildman–Crippen LogP) is 3.26. The van der Waals surface area contributed by atoms with E-state index >= 15 is 0 Å². The lowest BCUT2D eigenvalue weighted by Gasteiger charge is -2.42. The van der Waals surface area contributed by atoms with Crippen LogP contribution in [0.1, 0.15) is 60.6 Å². The number of benzene rings is 1. The fourth-order valence-electron chi connectivity index (χ4n) is 4.62. The number of halogens is 2. The summed E-state index contributed by atoms with van der Waals surface area (Å²) in [5.41, 5.74) is 1.24. The quantitative estimate of drug-likeness (QED) is 0.631. The molecule has 0 bridgehead atoms. The number of H-pyrrole nitrogens is 1. The Labute approximate surface area is 202 Å². The highest BCUT2D eigenvalue weighted by Crippen LogP contribution is 2.34. The second-order valence-electron chi connectivity index (χ2n) is 9.80. The summed E-state index contributed by atoms with van der Waals surface area (Å²) in [6.45, 7) is 6.60. The van der Waals surface area contributed by atoms with Crippen molar-refractivity contribution in [2.75, 3.05) is 20.3 Å². The van der Waals surface area contributed by atoms with Gasteiger partial charge in [0.1, 0.15) is 23.3 Å². The van der Waals surface area contributed by atoms with Gasteiger partial charge in [0, 0.05) is 30.3 Å². The van der Waals surface area contributed by atoms with Gasteiger partial charge in [0.25, 0.3) is 0 Å². The highest BCUT2D eigenvalue weighted by molar-refractivity contribution is 5.89. The van der Waals surface area contributed by atoms with Crippen molar-refractivity contribution in [1.29, 1.82) is 0 Å². The van der Waals surface area contributed by atoms with Crippen molar-refractivity contribution in [2.45, 2.75) is 63.9 Å². The number of hydrogen-bond donors (Lipinski definition) is 2. The molecule has 2 aliphatic rings. The SMILES string of the molecule is COC(=O)c1n[nH]c2c1CCN([C@H]1CO[C@H](c3cc(F)ccc3F)[C@@H](NC(=O)OC(C)(C)C)C1)C2. The van der Waals surface area contributed by atoms with E-state index in [1.165, 1.54) is 7.11 Å². The van der Waals surface area contributed by atoms with Crippen LogP contribution in [-0.4, -0.2) is 65.1 Å². The molecule has 4 rings (SSSR count). The molecule has 2 N–H and O–H groups in total. The van der Waals surface area contributed by atoms with Gasteiger partial charge in [0.2, 0.25) is 0 Å². The smallest absolute Gasteiger partial charge is 0.407 e. The van der Waals surface area contributed by atoms with Gasteiger partial charge < -0.3 is 19.5 Å². The van der Waals surface area contributed by atoms with Gasteiger partial charge in [0.15, 0.2) is 5.69 Å². The third-order valence-electron chi connectivity index (χ3n) is 6.18. The van der Waals surface area contributed by atoms with E-state index in [-0.39, 0.29) is 23.9 Å². The summed E-state index contributed by atoms with van der Waals surface area (Å²) >= 11 is 0. The number of amides is 1. The molecular formula is C24H30F2N4O5. The van der Waals surface area contributed by atoms with Gasteiger partial charge >= 0.3 is 12.1 Å². The molecule has 0 aliphatic carbocycles. The van der Waals surface area contributed by atoms with E-state index in [0.717, 1.165) is 29.5 Å². The number of rotatable bonds is 4. The number of esters is 1. The number of carbonyl (C=O) groups excluding carboxylic acids is 2. The molecule has 11 heteroatoms. The highest BCUT2D eigenvalue weighted by atomic mass is 19.1. The van der Waals surface area contributed by atoms with E-state index in [9.17, 15) is 18.4 Å². The number of hydrogen-bond acceptors (Lipinski definition) is 7. The topological polar surface area (TPSA) is 106 Å². The Bertz CT molecular complexity index is 1100. The first-order chi connectivity index (χ1) is 16.6. The van der Waals surface area contributed by atoms with Crippen molar-refractivity contribution < 1.29 is 32.6 Å². The fourth-order valence-corrected chi connectivity index (χ4v) is 4.62. The van der Waals surface area contributed by atoms with Crippen LogP contribution >= 0.6 is 0 Å². The monoisotopic (exact) mass is 492 g/mol. The Kier molecular flexibility index (Phi) is 7.09. The average molecular weight is 493 g/mol. The summed E-state index contributed by atoms with van der Waals surface area (Å²) in [6, 6.07) is 2.40. The number of aromatic nitrogens is 2. The van der Waals surface area contributed by atoms with Gasteiger partial charge in [0.05, 0.1) is 25.5 Å². The first-order valence-electron chi connectivity index (χ1n) is 11.5. The summed E-state index contributed by atoms with van der Waals surface area (Å²) in [7, 11) is 1.31. The molecule has 0 saturated carbocycles. The Hall–Kier alpha value is -3.05. The van der Waals surface area contributed by atoms with Crippen LogP contribution in [-0.2, 0) is 27.2 Å². The molecule has 1 aromatic carbocycles. The Morgan fingerprint density at radius 1 is 1.29 bits per heavy atom. The van der Waals surface area contributed by atoms with Gasteiger partial charge in [-0.2, -0.15) is 5.10 Å². The lowest BCUT2D eigenvalue weighted by Crippen LogP contribution is -2.53. The normalized spacial score (nSPS) is 22.9. The summed E-state index contributed by atoms with van der Waals surface area (Å²) in [5, 5.41) is 9.81. The minimum atomic E-state index is -0.882. The van der Waals surface area contributed by atoms with E-state index in [2.05, 4.69) is 20.4 Å². The van der Waals surface area contributed by atoms with Crippen LogP contribution in [0.4, 0.5) is 13.6 Å². The third kappa shape index (κ3) is 5.62. The number of aromatic amines is 1. The van der Waals surface area contributed by atoms with E-state index in [1.54, 1.807) is 20.8 Å². The van der Waals surface area contributed by atoms with Crippen molar-refractivity contribution >= 4 is 12.1 Å². The Morgan fingerprint density at radius 2 is 2.06 bits per heavy atom. The summed E-state index contributed by atoms with van der Waals surface area (Å²) < 4.78 is 44.8. The number of nitrogens with zero attached hydrogens (tertiary/aromatic N) is 2. The zero-order valence-electron chi connectivity index (χ0n) is 20.2. The maximum atomic E-state index is 14.6. The van der Waals surface area contributed by atoms with E-state index < -0.39 is 41.4 Å². The van der Waals surface area contributed by atoms with Crippen molar-refractivity contribution in [3.63, 3.8) is 0 Å². The van der Waals surface area contributed by atoms with Crippen molar-refractivity contribution in [2.24, 2.45) is 0 Å². The Balaban J connectivity index is 1.53. The molecule has 1 saturated heterocycles. The summed E-state index contributed by atoms with van der Waals surface area (Å²) in [5.74, 6) is -1.69. The molecule has 3 atom stereocenters. The standard InChI is InChI=1S/C24H30F2N4O5/c1-24(2,3)35-23(32)27-18-10-14(12-34-21(18)16-9-13(25)5-6-17(16)26)30-8-7-15-19(11-30)28-29-20(15)22(31)33-4/h5-6,9,14,18,21H,7-8,10-12H2,1-4H3,(H,27,32)(H,28,29)/t14-,18+,21-/m1/s1. The van der Waals surface area contributed by atoms with Crippen LogP contribution in [0.5, 0.6) is 0 Å². The second kappa shape index (κ2) is 9.90. The van der Waals surface area contributed by atoms with Crippen LogP contribution in [0.15, 0.2) is 18.2 Å². The first kappa shape index (κ1) is 25.1. The Morgan fingerprint density at radius 3 is 2.77 bits per heavy atom. The van der Waals surface area contributed by atoms with Crippen molar-refractivity contribution in [1.82, 2.24) is 20.4 Å². The van der Waals surface area contributed by atoms with E-state index in [4.69, 9.17) is 14.2 Å². The van der Waals surface area contributed by atoms with Crippen LogP contribution in [0.3, 0.4) is 0 Å². The summed E-state index contributed by atoms with van der Waals surface area (Å²) in [6.07, 6.45) is -0.537. The lowest BCUT2D eigenvalue weighted by atomic mass is 9.91. The second-order valence-corrected chi connectivity index (χ2v) is 9.80. The highest BCUT2D eigenvalue weighted by Gasteiger charge is 2.39. The number of carbonyl (C=O) groups is 2. The minimum Gasteiger partial charge on any atom is -0.464 e. The molecule has 3 heterocycles. The molecule has 9 nitrogen and oxygen atoms in total. The molecule has 1 aromatic heterocycles. The van der Waals surface area contributed by atoms with Crippen LogP contribution in [0.25, 0.3) is 0 Å². The van der Waals surface area contributed by atoms with Crippen LogP contribution < -0.4 is 5.32 Å². The maximum absolute atomic E-state index is 14.6. The van der Waals surface area contributed by atoms with Gasteiger partial charge in [-0.1, -0.05) is 0 Å². The fraction of sp³-hybridized carbons (Fsp3) is 0.542. The number of nitrogens with one attached hydrogen (secondary N) is 2. The number of alkyl carbamates (subject to hydrolysis) is 1. The van der Waals surface area contributed by atoms with Gasteiger partial charge in [-0.05, 0) is 51.8 Å². The van der Waals surface area contributed by atoms with E-state index in [1.807, 2.05) is 0 Å². The molecular weight excluding hydrogens is 462 g/mol. The van der Waals surface area contributed by atoms with Crippen LogP contribution in [0, 0.1) is 11.6 Å². The molecule has 2 aliphatic heterocycles. The molecule has 0 unspecified atom stereocenters. The predicted molar refractivity (Wildman–Crippen MR) is 121 cm³/mol. The molecule has 190 valence electrons. The average Bonchev–Trinajstić information content (AvgIpc) is 3.22.